The molecule has 23 heavy (non-hydrogen) atoms. The Morgan fingerprint density at radius 3 is 2.26 bits per heavy atom. The third-order valence-electron chi connectivity index (χ3n) is 3.01. The van der Waals surface area contributed by atoms with Crippen molar-refractivity contribution in [1.82, 2.24) is 10.2 Å². The molecular weight excluding hydrogens is 304 g/mol. The number of unbranched alkanes of at least 4 members (excludes halogenated alkanes) is 1. The highest BCUT2D eigenvalue weighted by molar-refractivity contribution is 6.14. The molecule has 1 heterocycles. The van der Waals surface area contributed by atoms with Crippen LogP contribution in [-0.2, 0) is 19.1 Å². The molecule has 2 N–H and O–H groups in total. The number of carboxylic acids is 1. The lowest BCUT2D eigenvalue weighted by molar-refractivity contribution is -0.153. The lowest BCUT2D eigenvalue weighted by Crippen LogP contribution is -2.45. The van der Waals surface area contributed by atoms with Crippen LogP contribution < -0.4 is 5.32 Å². The van der Waals surface area contributed by atoms with Gasteiger partial charge in [0.05, 0.1) is 0 Å². The number of carbonyl (C=O) groups is 4. The highest BCUT2D eigenvalue weighted by Crippen LogP contribution is 2.15. The number of nitrogens with zero attached hydrogens (tertiary/aromatic N) is 1. The van der Waals surface area contributed by atoms with Crippen molar-refractivity contribution in [2.24, 2.45) is 0 Å². The third-order valence-corrected chi connectivity index (χ3v) is 3.01. The number of amides is 3. The zero-order valence-corrected chi connectivity index (χ0v) is 13.5. The first kappa shape index (κ1) is 18.7. The molecule has 0 aromatic heterocycles. The maximum absolute atomic E-state index is 11.5. The second kappa shape index (κ2) is 7.75. The van der Waals surface area contributed by atoms with E-state index in [0.717, 1.165) is 17.1 Å². The molecule has 0 aromatic carbocycles. The van der Waals surface area contributed by atoms with E-state index in [1.165, 1.54) is 0 Å². The zero-order chi connectivity index (χ0) is 17.6. The minimum atomic E-state index is -1.23. The molecule has 8 heteroatoms. The molecule has 0 bridgehead atoms. The summed E-state index contributed by atoms with van der Waals surface area (Å²) in [6.07, 6.45) is 2.65. The van der Waals surface area contributed by atoms with Gasteiger partial charge in [0.1, 0.15) is 11.6 Å². The maximum Gasteiger partial charge on any atom is 0.407 e. The van der Waals surface area contributed by atoms with E-state index in [4.69, 9.17) is 4.74 Å². The van der Waals surface area contributed by atoms with Crippen molar-refractivity contribution < 1.29 is 29.0 Å². The monoisotopic (exact) mass is 326 g/mol. The van der Waals surface area contributed by atoms with Crippen LogP contribution in [0.1, 0.15) is 40.0 Å². The standard InChI is InChI=1S/C15H22N2O6/c1-15(2,3)23-14(22)16-9-5-4-6-10(13(20)21)17-11(18)7-8-12(17)19/h7-8,10H,4-6,9H2,1-3H3,(H,16,22)(H,20,21). The zero-order valence-electron chi connectivity index (χ0n) is 13.5. The van der Waals surface area contributed by atoms with Gasteiger partial charge in [0.25, 0.3) is 11.8 Å². The van der Waals surface area contributed by atoms with E-state index in [1.54, 1.807) is 20.8 Å². The average Bonchev–Trinajstić information content (AvgIpc) is 2.71. The van der Waals surface area contributed by atoms with Gasteiger partial charge < -0.3 is 15.2 Å². The van der Waals surface area contributed by atoms with Crippen molar-refractivity contribution in [3.63, 3.8) is 0 Å². The number of aliphatic carboxylic acids is 1. The van der Waals surface area contributed by atoms with Crippen molar-refractivity contribution in [3.05, 3.63) is 12.2 Å². The number of hydrogen-bond donors (Lipinski definition) is 2. The largest absolute Gasteiger partial charge is 0.480 e. The average molecular weight is 326 g/mol. The molecule has 0 aliphatic carbocycles. The lowest BCUT2D eigenvalue weighted by atomic mass is 10.1. The first-order valence-electron chi connectivity index (χ1n) is 7.36. The van der Waals surface area contributed by atoms with E-state index in [2.05, 4.69) is 5.32 Å². The van der Waals surface area contributed by atoms with Gasteiger partial charge in [-0.25, -0.2) is 9.59 Å². The summed E-state index contributed by atoms with van der Waals surface area (Å²) >= 11 is 0. The van der Waals surface area contributed by atoms with E-state index >= 15 is 0 Å². The van der Waals surface area contributed by atoms with Crippen LogP contribution in [-0.4, -0.2) is 52.1 Å². The first-order chi connectivity index (χ1) is 10.6. The van der Waals surface area contributed by atoms with Crippen molar-refractivity contribution in [2.45, 2.75) is 51.7 Å². The quantitative estimate of drug-likeness (QED) is 0.534. The SMILES string of the molecule is CC(C)(C)OC(=O)NCCCCC(C(=O)O)N1C(=O)C=CC1=O. The summed E-state index contributed by atoms with van der Waals surface area (Å²) in [7, 11) is 0. The van der Waals surface area contributed by atoms with Crippen molar-refractivity contribution in [3.8, 4) is 0 Å². The van der Waals surface area contributed by atoms with Crippen LogP contribution in [0.2, 0.25) is 0 Å². The Morgan fingerprint density at radius 2 is 1.78 bits per heavy atom. The fourth-order valence-corrected chi connectivity index (χ4v) is 2.05. The summed E-state index contributed by atoms with van der Waals surface area (Å²) in [6, 6.07) is -1.19. The Morgan fingerprint density at radius 1 is 1.22 bits per heavy atom. The molecule has 0 saturated heterocycles. The van der Waals surface area contributed by atoms with E-state index < -0.39 is 35.5 Å². The molecule has 1 unspecified atom stereocenters. The number of alkyl carbamates (subject to hydrolysis) is 1. The molecule has 0 radical (unpaired) electrons. The fraction of sp³-hybridized carbons (Fsp3) is 0.600. The van der Waals surface area contributed by atoms with E-state index in [-0.39, 0.29) is 6.42 Å². The number of hydrogen-bond acceptors (Lipinski definition) is 5. The van der Waals surface area contributed by atoms with Gasteiger partial charge in [-0.15, -0.1) is 0 Å². The molecule has 8 nitrogen and oxygen atoms in total. The van der Waals surface area contributed by atoms with Crippen LogP contribution in [0.25, 0.3) is 0 Å². The van der Waals surface area contributed by atoms with Gasteiger partial charge in [0, 0.05) is 18.7 Å². The van der Waals surface area contributed by atoms with Crippen LogP contribution in [0, 0.1) is 0 Å². The smallest absolute Gasteiger partial charge is 0.407 e. The normalized spacial score (nSPS) is 15.7. The highest BCUT2D eigenvalue weighted by Gasteiger charge is 2.35. The Balaban J connectivity index is 2.35. The predicted octanol–water partition coefficient (Wildman–Crippen LogP) is 1.06. The summed E-state index contributed by atoms with van der Waals surface area (Å²) < 4.78 is 5.06. The summed E-state index contributed by atoms with van der Waals surface area (Å²) in [5, 5.41) is 11.7. The van der Waals surface area contributed by atoms with Gasteiger partial charge >= 0.3 is 12.1 Å². The van der Waals surface area contributed by atoms with Crippen LogP contribution in [0.15, 0.2) is 12.2 Å². The summed E-state index contributed by atoms with van der Waals surface area (Å²) in [5.41, 5.74) is -0.581. The number of carbonyl (C=O) groups excluding carboxylic acids is 3. The first-order valence-corrected chi connectivity index (χ1v) is 7.36. The van der Waals surface area contributed by atoms with Crippen LogP contribution in [0.3, 0.4) is 0 Å². The lowest BCUT2D eigenvalue weighted by Gasteiger charge is -2.22. The van der Waals surface area contributed by atoms with Crippen molar-refractivity contribution in [1.29, 1.82) is 0 Å². The molecule has 0 spiro atoms. The number of nitrogens with one attached hydrogen (secondary N) is 1. The van der Waals surface area contributed by atoms with Crippen LogP contribution in [0.5, 0.6) is 0 Å². The molecule has 0 saturated carbocycles. The molecule has 1 atom stereocenters. The Hall–Kier alpha value is -2.38. The number of rotatable bonds is 7. The predicted molar refractivity (Wildman–Crippen MR) is 80.5 cm³/mol. The number of ether oxygens (including phenoxy) is 1. The van der Waals surface area contributed by atoms with Crippen molar-refractivity contribution >= 4 is 23.9 Å². The number of carboxylic acid groups (broad SMARTS) is 1. The molecule has 128 valence electrons. The second-order valence-electron chi connectivity index (χ2n) is 6.16. The van der Waals surface area contributed by atoms with Gasteiger partial charge in [-0.05, 0) is 40.0 Å². The van der Waals surface area contributed by atoms with Gasteiger partial charge in [0.2, 0.25) is 0 Å². The minimum absolute atomic E-state index is 0.129. The summed E-state index contributed by atoms with van der Waals surface area (Å²) in [5.74, 6) is -2.46. The van der Waals surface area contributed by atoms with Gasteiger partial charge in [0.15, 0.2) is 0 Å². The van der Waals surface area contributed by atoms with Gasteiger partial charge in [-0.1, -0.05) is 0 Å². The molecule has 1 aliphatic heterocycles. The van der Waals surface area contributed by atoms with Crippen LogP contribution in [0.4, 0.5) is 4.79 Å². The molecule has 0 aromatic rings. The molecular formula is C15H22N2O6. The summed E-state index contributed by atoms with van der Waals surface area (Å²) in [4.78, 5) is 46.5. The van der Waals surface area contributed by atoms with Crippen LogP contribution >= 0.6 is 0 Å². The van der Waals surface area contributed by atoms with Gasteiger partial charge in [-0.3, -0.25) is 14.5 Å². The van der Waals surface area contributed by atoms with Crippen molar-refractivity contribution in [2.75, 3.05) is 6.54 Å². The van der Waals surface area contributed by atoms with E-state index in [0.29, 0.717) is 19.4 Å². The Bertz CT molecular complexity index is 503. The minimum Gasteiger partial charge on any atom is -0.480 e. The fourth-order valence-electron chi connectivity index (χ4n) is 2.05. The molecule has 1 rings (SSSR count). The molecule has 3 amide bonds. The Labute approximate surface area is 134 Å². The third kappa shape index (κ3) is 6.09. The van der Waals surface area contributed by atoms with E-state index in [1.807, 2.05) is 0 Å². The Kier molecular flexibility index (Phi) is 6.29. The summed E-state index contributed by atoms with van der Waals surface area (Å²) in [6.45, 7) is 5.58. The molecule has 1 aliphatic rings. The highest BCUT2D eigenvalue weighted by atomic mass is 16.6. The maximum atomic E-state index is 11.5. The van der Waals surface area contributed by atoms with Gasteiger partial charge in [-0.2, -0.15) is 0 Å². The van der Waals surface area contributed by atoms with E-state index in [9.17, 15) is 24.3 Å². The number of imide groups is 1. The second-order valence-corrected chi connectivity index (χ2v) is 6.16. The molecule has 0 fully saturated rings. The topological polar surface area (TPSA) is 113 Å².